The van der Waals surface area contributed by atoms with E-state index in [1.807, 2.05) is 0 Å². The second-order valence-corrected chi connectivity index (χ2v) is 7.31. The van der Waals surface area contributed by atoms with Crippen molar-refractivity contribution in [1.82, 2.24) is 0 Å². The minimum absolute atomic E-state index is 0.552. The number of hydrogen-bond donors (Lipinski definition) is 0. The molecule has 0 bridgehead atoms. The maximum atomic E-state index is 5.51. The fourth-order valence-electron chi connectivity index (χ4n) is 2.52. The van der Waals surface area contributed by atoms with Crippen LogP contribution in [0.5, 0.6) is 0 Å². The molecule has 0 saturated heterocycles. The predicted molar refractivity (Wildman–Crippen MR) is 126 cm³/mol. The van der Waals surface area contributed by atoms with Gasteiger partial charge in [-0.25, -0.2) is 0 Å². The van der Waals surface area contributed by atoms with Crippen molar-refractivity contribution in [1.29, 1.82) is 0 Å². The molecule has 8 heteroatoms. The van der Waals surface area contributed by atoms with Gasteiger partial charge in [-0.2, -0.15) is 0 Å². The topological polar surface area (TPSA) is 73.8 Å². The van der Waals surface area contributed by atoms with E-state index in [0.717, 1.165) is 32.5 Å². The summed E-state index contributed by atoms with van der Waals surface area (Å²) in [5.74, 6) is 0. The van der Waals surface area contributed by atoms with Crippen molar-refractivity contribution in [3.05, 3.63) is 0 Å². The Morgan fingerprint density at radius 2 is 0.500 bits per heavy atom. The molecule has 0 aromatic heterocycles. The van der Waals surface area contributed by atoms with E-state index in [-0.39, 0.29) is 0 Å². The number of rotatable bonds is 29. The molecule has 194 valence electrons. The molecule has 0 unspecified atom stereocenters. The molecule has 0 N–H and O–H groups in total. The van der Waals surface area contributed by atoms with Crippen molar-refractivity contribution in [3.8, 4) is 0 Å². The minimum Gasteiger partial charge on any atom is -0.379 e. The van der Waals surface area contributed by atoms with E-state index in [4.69, 9.17) is 37.9 Å². The SMILES string of the molecule is CCCCCCOCCOCCOCCOCCOCCOCCOCCOCCCC. The molecule has 0 fully saturated rings. The molecule has 0 saturated carbocycles. The van der Waals surface area contributed by atoms with Crippen LogP contribution in [0.15, 0.2) is 0 Å². The molecule has 0 aromatic carbocycles. The van der Waals surface area contributed by atoms with E-state index < -0.39 is 0 Å². The first-order valence-electron chi connectivity index (χ1n) is 12.5. The van der Waals surface area contributed by atoms with Gasteiger partial charge in [-0.05, 0) is 12.8 Å². The first-order valence-corrected chi connectivity index (χ1v) is 12.5. The Hall–Kier alpha value is -0.320. The lowest BCUT2D eigenvalue weighted by molar-refractivity contribution is -0.0232. The van der Waals surface area contributed by atoms with Crippen molar-refractivity contribution in [2.24, 2.45) is 0 Å². The Bertz CT molecular complexity index is 290. The summed E-state index contributed by atoms with van der Waals surface area (Å²) < 4.78 is 43.6. The average Bonchev–Trinajstić information content (AvgIpc) is 2.81. The molecule has 8 nitrogen and oxygen atoms in total. The van der Waals surface area contributed by atoms with Crippen LogP contribution < -0.4 is 0 Å². The second kappa shape index (κ2) is 30.7. The van der Waals surface area contributed by atoms with E-state index in [2.05, 4.69) is 13.8 Å². The van der Waals surface area contributed by atoms with Crippen LogP contribution in [0.2, 0.25) is 0 Å². The zero-order valence-corrected chi connectivity index (χ0v) is 20.8. The molecule has 0 amide bonds. The van der Waals surface area contributed by atoms with Gasteiger partial charge in [-0.1, -0.05) is 39.5 Å². The highest BCUT2D eigenvalue weighted by Gasteiger charge is 1.95. The molecular formula is C24H50O8. The molecule has 0 atom stereocenters. The van der Waals surface area contributed by atoms with Crippen molar-refractivity contribution in [2.45, 2.75) is 52.4 Å². The molecule has 32 heavy (non-hydrogen) atoms. The monoisotopic (exact) mass is 466 g/mol. The zero-order chi connectivity index (χ0) is 23.2. The molecule has 0 radical (unpaired) electrons. The van der Waals surface area contributed by atoms with Crippen molar-refractivity contribution in [2.75, 3.05) is 106 Å². The van der Waals surface area contributed by atoms with Crippen LogP contribution in [0.4, 0.5) is 0 Å². The zero-order valence-electron chi connectivity index (χ0n) is 20.8. The van der Waals surface area contributed by atoms with E-state index in [9.17, 15) is 0 Å². The summed E-state index contributed by atoms with van der Waals surface area (Å²) in [5.41, 5.74) is 0. The Kier molecular flexibility index (Phi) is 30.4. The summed E-state index contributed by atoms with van der Waals surface area (Å²) in [5, 5.41) is 0. The van der Waals surface area contributed by atoms with E-state index in [0.29, 0.717) is 92.5 Å². The van der Waals surface area contributed by atoms with Crippen LogP contribution >= 0.6 is 0 Å². The maximum Gasteiger partial charge on any atom is 0.0701 e. The Morgan fingerprint density at radius 3 is 0.781 bits per heavy atom. The second-order valence-electron chi connectivity index (χ2n) is 7.31. The first kappa shape index (κ1) is 31.7. The summed E-state index contributed by atoms with van der Waals surface area (Å²) in [6, 6.07) is 0. The quantitative estimate of drug-likeness (QED) is 0.155. The summed E-state index contributed by atoms with van der Waals surface area (Å²) in [6.07, 6.45) is 7.19. The van der Waals surface area contributed by atoms with Crippen molar-refractivity contribution in [3.63, 3.8) is 0 Å². The fraction of sp³-hybridized carbons (Fsp3) is 1.00. The van der Waals surface area contributed by atoms with E-state index in [1.54, 1.807) is 0 Å². The molecule has 0 aliphatic rings. The molecular weight excluding hydrogens is 416 g/mol. The van der Waals surface area contributed by atoms with Crippen LogP contribution in [0.1, 0.15) is 52.4 Å². The van der Waals surface area contributed by atoms with Crippen molar-refractivity contribution < 1.29 is 37.9 Å². The van der Waals surface area contributed by atoms with E-state index in [1.165, 1.54) is 19.3 Å². The molecule has 0 heterocycles. The van der Waals surface area contributed by atoms with Gasteiger partial charge in [0, 0.05) is 13.2 Å². The Morgan fingerprint density at radius 1 is 0.250 bits per heavy atom. The highest BCUT2D eigenvalue weighted by molar-refractivity contribution is 4.40. The summed E-state index contributed by atoms with van der Waals surface area (Å²) >= 11 is 0. The van der Waals surface area contributed by atoms with Gasteiger partial charge in [0.25, 0.3) is 0 Å². The third-order valence-electron chi connectivity index (χ3n) is 4.39. The molecule has 0 aliphatic heterocycles. The highest BCUT2D eigenvalue weighted by atomic mass is 16.6. The van der Waals surface area contributed by atoms with Gasteiger partial charge in [-0.15, -0.1) is 0 Å². The smallest absolute Gasteiger partial charge is 0.0701 e. The maximum absolute atomic E-state index is 5.51. The lowest BCUT2D eigenvalue weighted by atomic mass is 10.2. The number of ether oxygens (including phenoxy) is 8. The molecule has 0 aromatic rings. The predicted octanol–water partition coefficient (Wildman–Crippen LogP) is 3.50. The number of hydrogen-bond acceptors (Lipinski definition) is 8. The minimum atomic E-state index is 0.552. The van der Waals surface area contributed by atoms with Gasteiger partial charge in [0.15, 0.2) is 0 Å². The Labute approximate surface area is 196 Å². The standard InChI is InChI=1S/C24H50O8/c1-3-5-7-8-10-26-12-14-28-16-18-30-20-22-32-24-23-31-21-19-29-17-15-27-13-11-25-9-6-4-2/h3-24H2,1-2H3. The van der Waals surface area contributed by atoms with Gasteiger partial charge >= 0.3 is 0 Å². The third-order valence-corrected chi connectivity index (χ3v) is 4.39. The summed E-state index contributed by atoms with van der Waals surface area (Å²) in [6.45, 7) is 14.2. The van der Waals surface area contributed by atoms with Crippen molar-refractivity contribution >= 4 is 0 Å². The van der Waals surface area contributed by atoms with Crippen LogP contribution in [-0.2, 0) is 37.9 Å². The first-order chi connectivity index (χ1) is 15.9. The van der Waals surface area contributed by atoms with Crippen LogP contribution in [0.25, 0.3) is 0 Å². The van der Waals surface area contributed by atoms with Gasteiger partial charge in [0.05, 0.1) is 92.5 Å². The normalized spacial score (nSPS) is 11.4. The van der Waals surface area contributed by atoms with Gasteiger partial charge < -0.3 is 37.9 Å². The fourth-order valence-corrected chi connectivity index (χ4v) is 2.52. The third kappa shape index (κ3) is 29.7. The lowest BCUT2D eigenvalue weighted by Crippen LogP contribution is -2.15. The average molecular weight is 467 g/mol. The van der Waals surface area contributed by atoms with Crippen LogP contribution in [0, 0.1) is 0 Å². The van der Waals surface area contributed by atoms with Gasteiger partial charge in [-0.3, -0.25) is 0 Å². The van der Waals surface area contributed by atoms with Crippen LogP contribution in [0.3, 0.4) is 0 Å². The van der Waals surface area contributed by atoms with Gasteiger partial charge in [0.2, 0.25) is 0 Å². The molecule has 0 spiro atoms. The lowest BCUT2D eigenvalue weighted by Gasteiger charge is -2.08. The number of unbranched alkanes of at least 4 members (excludes halogenated alkanes) is 4. The van der Waals surface area contributed by atoms with Crippen LogP contribution in [-0.4, -0.2) is 106 Å². The molecule has 0 aliphatic carbocycles. The highest BCUT2D eigenvalue weighted by Crippen LogP contribution is 1.98. The largest absolute Gasteiger partial charge is 0.379 e. The Balaban J connectivity index is 2.98. The van der Waals surface area contributed by atoms with Gasteiger partial charge in [0.1, 0.15) is 0 Å². The van der Waals surface area contributed by atoms with E-state index >= 15 is 0 Å². The summed E-state index contributed by atoms with van der Waals surface area (Å²) in [4.78, 5) is 0. The summed E-state index contributed by atoms with van der Waals surface area (Å²) in [7, 11) is 0. The molecule has 0 rings (SSSR count).